The van der Waals surface area contributed by atoms with Crippen LogP contribution in [0.2, 0.25) is 0 Å². The van der Waals surface area contributed by atoms with E-state index in [0.717, 1.165) is 66.3 Å². The average Bonchev–Trinajstić information content (AvgIpc) is 2.71. The first-order valence-electron chi connectivity index (χ1n) is 11.8. The molecular weight excluding hydrogens is 388 g/mol. The number of carbonyl (C=O) groups excluding carboxylic acids is 1. The Labute approximate surface area is 184 Å². The van der Waals surface area contributed by atoms with Gasteiger partial charge in [-0.1, -0.05) is 6.07 Å². The van der Waals surface area contributed by atoms with Crippen LogP contribution in [0.15, 0.2) is 36.4 Å². The highest BCUT2D eigenvalue weighted by atomic mass is 16.5. The Balaban J connectivity index is 1.19. The molecule has 2 heterocycles. The molecule has 3 aliphatic rings. The van der Waals surface area contributed by atoms with E-state index in [1.807, 2.05) is 30.3 Å². The van der Waals surface area contributed by atoms with Crippen molar-refractivity contribution in [1.82, 2.24) is 9.80 Å². The highest BCUT2D eigenvalue weighted by Crippen LogP contribution is 2.37. The third-order valence-electron chi connectivity index (χ3n) is 6.68. The minimum absolute atomic E-state index is 0.156. The van der Waals surface area contributed by atoms with Gasteiger partial charge in [-0.15, -0.1) is 0 Å². The molecule has 5 rings (SSSR count). The van der Waals surface area contributed by atoms with E-state index < -0.39 is 0 Å². The second-order valence-electron chi connectivity index (χ2n) is 8.92. The Bertz CT molecular complexity index is 934. The molecular formula is C26H32N2O3. The number of hydrogen-bond donors (Lipinski definition) is 0. The Kier molecular flexibility index (Phi) is 6.23. The van der Waals surface area contributed by atoms with Crippen molar-refractivity contribution in [2.75, 3.05) is 52.5 Å². The lowest BCUT2D eigenvalue weighted by Crippen LogP contribution is -2.38. The van der Waals surface area contributed by atoms with E-state index in [1.165, 1.54) is 39.0 Å². The topological polar surface area (TPSA) is 42.0 Å². The minimum Gasteiger partial charge on any atom is -0.494 e. The van der Waals surface area contributed by atoms with Gasteiger partial charge in [-0.3, -0.25) is 4.79 Å². The zero-order chi connectivity index (χ0) is 21.0. The molecule has 0 aromatic heterocycles. The van der Waals surface area contributed by atoms with Gasteiger partial charge in [0.2, 0.25) is 0 Å². The molecule has 0 radical (unpaired) electrons. The van der Waals surface area contributed by atoms with Crippen LogP contribution in [-0.4, -0.2) is 68.1 Å². The van der Waals surface area contributed by atoms with Crippen LogP contribution in [0.1, 0.15) is 41.6 Å². The number of fused-ring (bicyclic) bond motifs is 3. The number of Topliss-reactive ketones (excluding diaryl/α,β-unsaturated/α-hetero) is 1. The fourth-order valence-corrected chi connectivity index (χ4v) is 4.58. The highest BCUT2D eigenvalue weighted by molar-refractivity contribution is 6.07. The molecule has 0 N–H and O–H groups in total. The van der Waals surface area contributed by atoms with E-state index in [-0.39, 0.29) is 5.78 Å². The van der Waals surface area contributed by atoms with Crippen molar-refractivity contribution in [3.05, 3.63) is 47.5 Å². The summed E-state index contributed by atoms with van der Waals surface area (Å²) in [7, 11) is 0. The molecule has 0 atom stereocenters. The molecule has 0 amide bonds. The normalized spacial score (nSPS) is 18.0. The summed E-state index contributed by atoms with van der Waals surface area (Å²) in [6.45, 7) is 8.52. The van der Waals surface area contributed by atoms with Gasteiger partial charge in [-0.05, 0) is 98.9 Å². The predicted octanol–water partition coefficient (Wildman–Crippen LogP) is 4.04. The summed E-state index contributed by atoms with van der Waals surface area (Å²) in [6, 6.07) is 12.1. The van der Waals surface area contributed by atoms with Gasteiger partial charge in [0.15, 0.2) is 5.78 Å². The quantitative estimate of drug-likeness (QED) is 0.543. The molecule has 2 saturated heterocycles. The first-order valence-corrected chi connectivity index (χ1v) is 11.8. The van der Waals surface area contributed by atoms with Gasteiger partial charge < -0.3 is 19.3 Å². The number of ketones is 1. The molecule has 0 bridgehead atoms. The van der Waals surface area contributed by atoms with E-state index >= 15 is 0 Å². The summed E-state index contributed by atoms with van der Waals surface area (Å²) in [5, 5.41) is 0. The number of benzene rings is 2. The third kappa shape index (κ3) is 4.78. The van der Waals surface area contributed by atoms with E-state index in [0.29, 0.717) is 13.0 Å². The minimum atomic E-state index is 0.156. The monoisotopic (exact) mass is 420 g/mol. The molecule has 2 aromatic rings. The first kappa shape index (κ1) is 20.5. The van der Waals surface area contributed by atoms with Crippen LogP contribution in [0, 0.1) is 0 Å². The second-order valence-corrected chi connectivity index (χ2v) is 8.92. The fraction of sp³-hybridized carbons (Fsp3) is 0.500. The maximum Gasteiger partial charge on any atom is 0.168 e. The summed E-state index contributed by atoms with van der Waals surface area (Å²) in [4.78, 5) is 17.7. The Morgan fingerprint density at radius 3 is 1.87 bits per heavy atom. The van der Waals surface area contributed by atoms with Crippen LogP contribution in [-0.2, 0) is 6.42 Å². The fourth-order valence-electron chi connectivity index (χ4n) is 4.58. The molecule has 0 spiro atoms. The summed E-state index contributed by atoms with van der Waals surface area (Å²) in [5.74, 6) is 1.81. The lowest BCUT2D eigenvalue weighted by atomic mass is 9.84. The van der Waals surface area contributed by atoms with E-state index in [9.17, 15) is 4.79 Å². The summed E-state index contributed by atoms with van der Waals surface area (Å²) >= 11 is 0. The molecule has 2 aliphatic heterocycles. The van der Waals surface area contributed by atoms with Crippen LogP contribution in [0.3, 0.4) is 0 Å². The summed E-state index contributed by atoms with van der Waals surface area (Å²) < 4.78 is 11.9. The second kappa shape index (κ2) is 9.41. The summed E-state index contributed by atoms with van der Waals surface area (Å²) in [6.07, 6.45) is 5.13. The number of hydrogen-bond acceptors (Lipinski definition) is 5. The van der Waals surface area contributed by atoms with Gasteiger partial charge in [0.05, 0.1) is 13.2 Å². The van der Waals surface area contributed by atoms with Crippen LogP contribution in [0.25, 0.3) is 11.1 Å². The number of likely N-dealkylation sites (tertiary alicyclic amines) is 2. The molecule has 0 unspecified atom stereocenters. The van der Waals surface area contributed by atoms with E-state index in [1.54, 1.807) is 0 Å². The van der Waals surface area contributed by atoms with Crippen molar-refractivity contribution < 1.29 is 14.3 Å². The molecule has 31 heavy (non-hydrogen) atoms. The number of nitrogens with zero attached hydrogens (tertiary/aromatic N) is 2. The number of carbonyl (C=O) groups is 1. The average molecular weight is 421 g/mol. The lowest BCUT2D eigenvalue weighted by Gasteiger charge is -2.30. The Morgan fingerprint density at radius 2 is 1.29 bits per heavy atom. The zero-order valence-corrected chi connectivity index (χ0v) is 18.3. The molecule has 5 heteroatoms. The smallest absolute Gasteiger partial charge is 0.168 e. The molecule has 1 aliphatic carbocycles. The standard InChI is InChI=1S/C26H32N2O3/c29-26-18-20-17-21(30-15-3-13-27-9-1-10-27)5-7-23(20)24-8-6-22(19-25(24)26)31-16-4-14-28-11-2-12-28/h5-8,17,19H,1-4,9-16,18H2. The molecule has 164 valence electrons. The van der Waals surface area contributed by atoms with Gasteiger partial charge in [-0.25, -0.2) is 0 Å². The lowest BCUT2D eigenvalue weighted by molar-refractivity contribution is 0.0991. The van der Waals surface area contributed by atoms with Gasteiger partial charge in [0.1, 0.15) is 11.5 Å². The van der Waals surface area contributed by atoms with Crippen LogP contribution in [0.5, 0.6) is 11.5 Å². The van der Waals surface area contributed by atoms with Crippen molar-refractivity contribution in [3.8, 4) is 22.6 Å². The van der Waals surface area contributed by atoms with Crippen LogP contribution >= 0.6 is 0 Å². The van der Waals surface area contributed by atoms with Gasteiger partial charge in [-0.2, -0.15) is 0 Å². The van der Waals surface area contributed by atoms with Crippen molar-refractivity contribution in [1.29, 1.82) is 0 Å². The van der Waals surface area contributed by atoms with Gasteiger partial charge in [0.25, 0.3) is 0 Å². The van der Waals surface area contributed by atoms with E-state index in [4.69, 9.17) is 9.47 Å². The van der Waals surface area contributed by atoms with Crippen molar-refractivity contribution in [2.45, 2.75) is 32.1 Å². The number of ether oxygens (including phenoxy) is 2. The molecule has 2 fully saturated rings. The maximum absolute atomic E-state index is 12.8. The van der Waals surface area contributed by atoms with E-state index in [2.05, 4.69) is 15.9 Å². The van der Waals surface area contributed by atoms with Gasteiger partial charge >= 0.3 is 0 Å². The molecule has 0 saturated carbocycles. The molecule has 5 nitrogen and oxygen atoms in total. The Morgan fingerprint density at radius 1 is 0.710 bits per heavy atom. The van der Waals surface area contributed by atoms with Crippen molar-refractivity contribution in [2.24, 2.45) is 0 Å². The first-order chi connectivity index (χ1) is 15.3. The number of rotatable bonds is 10. The predicted molar refractivity (Wildman–Crippen MR) is 122 cm³/mol. The van der Waals surface area contributed by atoms with Gasteiger partial charge in [0, 0.05) is 25.1 Å². The molecule has 2 aromatic carbocycles. The van der Waals surface area contributed by atoms with Crippen LogP contribution in [0.4, 0.5) is 0 Å². The van der Waals surface area contributed by atoms with Crippen molar-refractivity contribution in [3.63, 3.8) is 0 Å². The third-order valence-corrected chi connectivity index (χ3v) is 6.68. The summed E-state index contributed by atoms with van der Waals surface area (Å²) in [5.41, 5.74) is 3.97. The maximum atomic E-state index is 12.8. The SMILES string of the molecule is O=C1Cc2cc(OCCCN3CCC3)ccc2-c2ccc(OCCCN3CCC3)cc21. The van der Waals surface area contributed by atoms with Crippen molar-refractivity contribution >= 4 is 5.78 Å². The largest absolute Gasteiger partial charge is 0.494 e. The Hall–Kier alpha value is -2.37. The highest BCUT2D eigenvalue weighted by Gasteiger charge is 2.24. The van der Waals surface area contributed by atoms with Crippen LogP contribution < -0.4 is 9.47 Å². The zero-order valence-electron chi connectivity index (χ0n) is 18.3.